The van der Waals surface area contributed by atoms with E-state index in [-0.39, 0.29) is 6.04 Å². The first-order chi connectivity index (χ1) is 7.58. The van der Waals surface area contributed by atoms with Gasteiger partial charge in [-0.1, -0.05) is 12.8 Å². The van der Waals surface area contributed by atoms with Crippen molar-refractivity contribution in [3.8, 4) is 0 Å². The lowest BCUT2D eigenvalue weighted by Crippen LogP contribution is -2.52. The van der Waals surface area contributed by atoms with Gasteiger partial charge < -0.3 is 5.32 Å². The summed E-state index contributed by atoms with van der Waals surface area (Å²) < 4.78 is 26.0. The monoisotopic (exact) mass is 246 g/mol. The van der Waals surface area contributed by atoms with Gasteiger partial charge in [0.25, 0.3) is 0 Å². The number of hydrogen-bond donors (Lipinski definition) is 1. The number of piperazine rings is 1. The Hall–Kier alpha value is -0.130. The largest absolute Gasteiger partial charge is 0.312 e. The summed E-state index contributed by atoms with van der Waals surface area (Å²) in [6.07, 6.45) is 4.61. The van der Waals surface area contributed by atoms with E-state index in [0.29, 0.717) is 24.8 Å². The third-order valence-electron chi connectivity index (χ3n) is 3.65. The second-order valence-electron chi connectivity index (χ2n) is 5.14. The molecular weight excluding hydrogens is 224 g/mol. The van der Waals surface area contributed by atoms with E-state index in [4.69, 9.17) is 0 Å². The van der Waals surface area contributed by atoms with Gasteiger partial charge in [0.05, 0.1) is 5.75 Å². The Balaban J connectivity index is 1.94. The van der Waals surface area contributed by atoms with Crippen LogP contribution in [0.4, 0.5) is 0 Å². The molecule has 0 radical (unpaired) electrons. The van der Waals surface area contributed by atoms with Gasteiger partial charge in [0.2, 0.25) is 10.0 Å². The molecule has 0 spiro atoms. The summed E-state index contributed by atoms with van der Waals surface area (Å²) in [4.78, 5) is 0. The van der Waals surface area contributed by atoms with Crippen LogP contribution in [-0.4, -0.2) is 44.2 Å². The van der Waals surface area contributed by atoms with Crippen LogP contribution in [0.25, 0.3) is 0 Å². The van der Waals surface area contributed by atoms with Gasteiger partial charge in [-0.25, -0.2) is 8.42 Å². The van der Waals surface area contributed by atoms with Crippen molar-refractivity contribution in [1.82, 2.24) is 9.62 Å². The highest BCUT2D eigenvalue weighted by Gasteiger charge is 2.30. The van der Waals surface area contributed by atoms with E-state index in [0.717, 1.165) is 19.4 Å². The van der Waals surface area contributed by atoms with Crippen LogP contribution < -0.4 is 5.32 Å². The van der Waals surface area contributed by atoms with Crippen LogP contribution in [0.2, 0.25) is 0 Å². The molecule has 1 saturated heterocycles. The lowest BCUT2D eigenvalue weighted by atomic mass is 10.1. The lowest BCUT2D eigenvalue weighted by Gasteiger charge is -2.31. The predicted octanol–water partition coefficient (Wildman–Crippen LogP) is 0.800. The van der Waals surface area contributed by atoms with Crippen LogP contribution in [0.5, 0.6) is 0 Å². The average Bonchev–Trinajstić information content (AvgIpc) is 2.70. The molecule has 0 aromatic heterocycles. The first-order valence-corrected chi connectivity index (χ1v) is 7.90. The van der Waals surface area contributed by atoms with E-state index < -0.39 is 10.0 Å². The Morgan fingerprint density at radius 1 is 1.31 bits per heavy atom. The fourth-order valence-electron chi connectivity index (χ4n) is 2.73. The van der Waals surface area contributed by atoms with Crippen molar-refractivity contribution in [3.63, 3.8) is 0 Å². The van der Waals surface area contributed by atoms with Crippen LogP contribution in [-0.2, 0) is 10.0 Å². The topological polar surface area (TPSA) is 49.4 Å². The van der Waals surface area contributed by atoms with Crippen molar-refractivity contribution in [2.45, 2.75) is 38.6 Å². The van der Waals surface area contributed by atoms with E-state index >= 15 is 0 Å². The molecule has 0 aromatic carbocycles. The first-order valence-electron chi connectivity index (χ1n) is 6.29. The summed E-state index contributed by atoms with van der Waals surface area (Å²) in [6.45, 7) is 4.09. The zero-order chi connectivity index (χ0) is 11.6. The van der Waals surface area contributed by atoms with Crippen LogP contribution >= 0.6 is 0 Å². The molecule has 2 rings (SSSR count). The highest BCUT2D eigenvalue weighted by Crippen LogP contribution is 2.27. The van der Waals surface area contributed by atoms with Gasteiger partial charge in [-0.15, -0.1) is 0 Å². The van der Waals surface area contributed by atoms with Crippen LogP contribution in [0.1, 0.15) is 32.6 Å². The standard InChI is InChI=1S/C11H22N2O2S/c1-10-8-13(7-6-12-10)16(14,15)9-11-4-2-3-5-11/h10-12H,2-9H2,1H3/t10-/m0/s1. The van der Waals surface area contributed by atoms with Crippen molar-refractivity contribution in [1.29, 1.82) is 0 Å². The highest BCUT2D eigenvalue weighted by molar-refractivity contribution is 7.89. The van der Waals surface area contributed by atoms with E-state index in [1.807, 2.05) is 6.92 Å². The van der Waals surface area contributed by atoms with Crippen molar-refractivity contribution in [2.24, 2.45) is 5.92 Å². The lowest BCUT2D eigenvalue weighted by molar-refractivity contribution is 0.308. The number of sulfonamides is 1. The molecule has 1 aliphatic heterocycles. The van der Waals surface area contributed by atoms with Gasteiger partial charge in [-0.3, -0.25) is 0 Å². The Morgan fingerprint density at radius 3 is 2.62 bits per heavy atom. The molecule has 0 bridgehead atoms. The van der Waals surface area contributed by atoms with Gasteiger partial charge in [0.1, 0.15) is 0 Å². The molecule has 1 N–H and O–H groups in total. The molecule has 2 fully saturated rings. The molecule has 1 atom stereocenters. The molecule has 1 aliphatic carbocycles. The molecule has 2 aliphatic rings. The summed E-state index contributed by atoms with van der Waals surface area (Å²) in [6, 6.07) is 0.284. The number of rotatable bonds is 3. The van der Waals surface area contributed by atoms with E-state index in [1.54, 1.807) is 4.31 Å². The summed E-state index contributed by atoms with van der Waals surface area (Å²) in [5.41, 5.74) is 0. The first kappa shape index (κ1) is 12.3. The highest BCUT2D eigenvalue weighted by atomic mass is 32.2. The average molecular weight is 246 g/mol. The Morgan fingerprint density at radius 2 is 2.00 bits per heavy atom. The van der Waals surface area contributed by atoms with Gasteiger partial charge >= 0.3 is 0 Å². The summed E-state index contributed by atoms with van der Waals surface area (Å²) in [5, 5.41) is 3.27. The third-order valence-corrected chi connectivity index (χ3v) is 5.66. The number of hydrogen-bond acceptors (Lipinski definition) is 3. The zero-order valence-electron chi connectivity index (χ0n) is 9.98. The Bertz CT molecular complexity index is 323. The van der Waals surface area contributed by atoms with Gasteiger partial charge in [0, 0.05) is 25.7 Å². The SMILES string of the molecule is C[C@H]1CN(S(=O)(=O)CC2CCCC2)CCN1. The molecule has 94 valence electrons. The van der Waals surface area contributed by atoms with Gasteiger partial charge in [-0.2, -0.15) is 4.31 Å². The normalized spacial score (nSPS) is 29.7. The Kier molecular flexibility index (Phi) is 3.87. The summed E-state index contributed by atoms with van der Waals surface area (Å²) in [7, 11) is -3.01. The predicted molar refractivity (Wildman–Crippen MR) is 64.8 cm³/mol. The molecule has 1 heterocycles. The molecule has 4 nitrogen and oxygen atoms in total. The molecule has 1 saturated carbocycles. The minimum Gasteiger partial charge on any atom is -0.312 e. The second kappa shape index (κ2) is 5.02. The number of nitrogens with one attached hydrogen (secondary N) is 1. The molecule has 0 unspecified atom stereocenters. The van der Waals surface area contributed by atoms with Crippen molar-refractivity contribution in [3.05, 3.63) is 0 Å². The summed E-state index contributed by atoms with van der Waals surface area (Å²) in [5.74, 6) is 0.787. The van der Waals surface area contributed by atoms with Crippen LogP contribution in [0.3, 0.4) is 0 Å². The maximum absolute atomic E-state index is 12.2. The van der Waals surface area contributed by atoms with E-state index in [2.05, 4.69) is 5.32 Å². The Labute approximate surface area is 98.4 Å². The fraction of sp³-hybridized carbons (Fsp3) is 1.00. The molecule has 0 aromatic rings. The minimum atomic E-state index is -3.01. The van der Waals surface area contributed by atoms with Crippen LogP contribution in [0, 0.1) is 5.92 Å². The molecule has 5 heteroatoms. The number of nitrogens with zero attached hydrogens (tertiary/aromatic N) is 1. The zero-order valence-corrected chi connectivity index (χ0v) is 10.8. The minimum absolute atomic E-state index is 0.284. The molecule has 16 heavy (non-hydrogen) atoms. The smallest absolute Gasteiger partial charge is 0.214 e. The van der Waals surface area contributed by atoms with Crippen LogP contribution in [0.15, 0.2) is 0 Å². The summed E-state index contributed by atoms with van der Waals surface area (Å²) >= 11 is 0. The van der Waals surface area contributed by atoms with Gasteiger partial charge in [0.15, 0.2) is 0 Å². The quantitative estimate of drug-likeness (QED) is 0.801. The van der Waals surface area contributed by atoms with Crippen molar-refractivity contribution >= 4 is 10.0 Å². The molecular formula is C11H22N2O2S. The third kappa shape index (κ3) is 2.96. The van der Waals surface area contributed by atoms with E-state index in [9.17, 15) is 8.42 Å². The molecule has 0 amide bonds. The van der Waals surface area contributed by atoms with Gasteiger partial charge in [-0.05, 0) is 25.7 Å². The maximum Gasteiger partial charge on any atom is 0.214 e. The second-order valence-corrected chi connectivity index (χ2v) is 7.16. The van der Waals surface area contributed by atoms with E-state index in [1.165, 1.54) is 12.8 Å². The fourth-order valence-corrected chi connectivity index (χ4v) is 4.69. The van der Waals surface area contributed by atoms with Crippen molar-refractivity contribution in [2.75, 3.05) is 25.4 Å². The van der Waals surface area contributed by atoms with Crippen molar-refractivity contribution < 1.29 is 8.42 Å². The maximum atomic E-state index is 12.2.